The molecule has 21 heavy (non-hydrogen) atoms. The number of rotatable bonds is 4. The molecule has 4 nitrogen and oxygen atoms in total. The van der Waals surface area contributed by atoms with E-state index in [0.29, 0.717) is 23.2 Å². The first-order valence-electron chi connectivity index (χ1n) is 7.35. The normalized spacial score (nSPS) is 25.4. The van der Waals surface area contributed by atoms with E-state index in [2.05, 4.69) is 12.2 Å². The van der Waals surface area contributed by atoms with Crippen molar-refractivity contribution in [2.75, 3.05) is 7.11 Å². The number of halogens is 1. The maximum Gasteiger partial charge on any atom is 0.240 e. The first-order chi connectivity index (χ1) is 9.96. The molecule has 1 aromatic rings. The van der Waals surface area contributed by atoms with Gasteiger partial charge in [-0.1, -0.05) is 37.4 Å². The van der Waals surface area contributed by atoms with Crippen LogP contribution in [0.1, 0.15) is 38.2 Å². The van der Waals surface area contributed by atoms with Crippen molar-refractivity contribution >= 4 is 17.5 Å². The average molecular weight is 311 g/mol. The maximum atomic E-state index is 12.4. The zero-order valence-corrected chi connectivity index (χ0v) is 13.4. The Kier molecular flexibility index (Phi) is 5.12. The second-order valence-corrected chi connectivity index (χ2v) is 6.37. The molecule has 2 atom stereocenters. The van der Waals surface area contributed by atoms with Crippen molar-refractivity contribution in [3.05, 3.63) is 28.8 Å². The van der Waals surface area contributed by atoms with Gasteiger partial charge in [-0.15, -0.1) is 0 Å². The van der Waals surface area contributed by atoms with Crippen molar-refractivity contribution in [3.8, 4) is 5.75 Å². The Hall–Kier alpha value is -1.26. The summed E-state index contributed by atoms with van der Waals surface area (Å²) in [5.41, 5.74) is 6.31. The van der Waals surface area contributed by atoms with Crippen LogP contribution in [0.4, 0.5) is 0 Å². The van der Waals surface area contributed by atoms with Crippen LogP contribution in [-0.2, 0) is 11.3 Å². The Morgan fingerprint density at radius 2 is 2.33 bits per heavy atom. The molecule has 1 saturated carbocycles. The molecule has 0 bridgehead atoms. The van der Waals surface area contributed by atoms with Gasteiger partial charge in [-0.05, 0) is 30.9 Å². The minimum absolute atomic E-state index is 0.101. The number of nitrogens with two attached hydrogens (primary N) is 1. The minimum Gasteiger partial charge on any atom is -0.496 e. The van der Waals surface area contributed by atoms with Crippen LogP contribution in [0.2, 0.25) is 5.02 Å². The molecule has 1 aromatic carbocycles. The van der Waals surface area contributed by atoms with Crippen LogP contribution in [-0.4, -0.2) is 18.6 Å². The standard InChI is InChI=1S/C16H23ClN2O2/c1-11-5-4-8-16(18,9-11)15(20)19-10-12-13(17)6-3-7-14(12)21-2/h3,6-7,11H,4-5,8-10,18H2,1-2H3,(H,19,20). The van der Waals surface area contributed by atoms with Gasteiger partial charge in [0.1, 0.15) is 5.75 Å². The van der Waals surface area contributed by atoms with Gasteiger partial charge in [0.2, 0.25) is 5.91 Å². The summed E-state index contributed by atoms with van der Waals surface area (Å²) in [5.74, 6) is 1.06. The predicted molar refractivity (Wildman–Crippen MR) is 84.4 cm³/mol. The van der Waals surface area contributed by atoms with E-state index in [1.165, 1.54) is 0 Å². The SMILES string of the molecule is COc1cccc(Cl)c1CNC(=O)C1(N)CCCC(C)C1. The molecular weight excluding hydrogens is 288 g/mol. The van der Waals surface area contributed by atoms with Crippen molar-refractivity contribution < 1.29 is 9.53 Å². The predicted octanol–water partition coefficient (Wildman–Crippen LogP) is 2.87. The van der Waals surface area contributed by atoms with Crippen LogP contribution >= 0.6 is 11.6 Å². The molecule has 5 heteroatoms. The number of carbonyl (C=O) groups is 1. The number of amides is 1. The van der Waals surface area contributed by atoms with E-state index in [0.717, 1.165) is 31.2 Å². The van der Waals surface area contributed by atoms with E-state index in [-0.39, 0.29) is 5.91 Å². The van der Waals surface area contributed by atoms with Gasteiger partial charge in [0.25, 0.3) is 0 Å². The van der Waals surface area contributed by atoms with Gasteiger partial charge in [-0.25, -0.2) is 0 Å². The van der Waals surface area contributed by atoms with Gasteiger partial charge in [-0.2, -0.15) is 0 Å². The van der Waals surface area contributed by atoms with E-state index < -0.39 is 5.54 Å². The fourth-order valence-electron chi connectivity index (χ4n) is 3.04. The van der Waals surface area contributed by atoms with Crippen LogP contribution in [0.25, 0.3) is 0 Å². The smallest absolute Gasteiger partial charge is 0.240 e. The summed E-state index contributed by atoms with van der Waals surface area (Å²) in [6.45, 7) is 2.47. The number of methoxy groups -OCH3 is 1. The number of ether oxygens (including phenoxy) is 1. The Balaban J connectivity index is 2.04. The van der Waals surface area contributed by atoms with E-state index in [1.54, 1.807) is 13.2 Å². The Morgan fingerprint density at radius 3 is 3.00 bits per heavy atom. The number of hydrogen-bond donors (Lipinski definition) is 2. The molecule has 2 unspecified atom stereocenters. The van der Waals surface area contributed by atoms with E-state index in [1.807, 2.05) is 12.1 Å². The average Bonchev–Trinajstić information content (AvgIpc) is 2.45. The third-order valence-corrected chi connectivity index (χ3v) is 4.56. The molecule has 3 N–H and O–H groups in total. The van der Waals surface area contributed by atoms with Crippen molar-refractivity contribution in [1.82, 2.24) is 5.32 Å². The zero-order chi connectivity index (χ0) is 15.5. The molecule has 1 fully saturated rings. The zero-order valence-electron chi connectivity index (χ0n) is 12.6. The molecule has 0 aromatic heterocycles. The highest BCUT2D eigenvalue weighted by atomic mass is 35.5. The highest BCUT2D eigenvalue weighted by Gasteiger charge is 2.37. The van der Waals surface area contributed by atoms with E-state index in [9.17, 15) is 4.79 Å². The van der Waals surface area contributed by atoms with Gasteiger partial charge in [0.15, 0.2) is 0 Å². The summed E-state index contributed by atoms with van der Waals surface area (Å²) in [5, 5.41) is 3.50. The summed E-state index contributed by atoms with van der Waals surface area (Å²) < 4.78 is 5.28. The monoisotopic (exact) mass is 310 g/mol. The Labute approximate surface area is 131 Å². The summed E-state index contributed by atoms with van der Waals surface area (Å²) in [6, 6.07) is 5.43. The molecular formula is C16H23ClN2O2. The van der Waals surface area contributed by atoms with Gasteiger partial charge in [0.05, 0.1) is 12.6 Å². The molecule has 0 radical (unpaired) electrons. The van der Waals surface area contributed by atoms with Crippen LogP contribution in [0.5, 0.6) is 5.75 Å². The molecule has 116 valence electrons. The summed E-state index contributed by atoms with van der Waals surface area (Å²) in [4.78, 5) is 12.4. The second-order valence-electron chi connectivity index (χ2n) is 5.96. The number of nitrogens with one attached hydrogen (secondary N) is 1. The number of carbonyl (C=O) groups excluding carboxylic acids is 1. The second kappa shape index (κ2) is 6.67. The lowest BCUT2D eigenvalue weighted by Crippen LogP contribution is -2.56. The number of benzene rings is 1. The lowest BCUT2D eigenvalue weighted by molar-refractivity contribution is -0.128. The van der Waals surface area contributed by atoms with Crippen LogP contribution < -0.4 is 15.8 Å². The Morgan fingerprint density at radius 1 is 1.57 bits per heavy atom. The highest BCUT2D eigenvalue weighted by Crippen LogP contribution is 2.31. The topological polar surface area (TPSA) is 64.3 Å². The van der Waals surface area contributed by atoms with Crippen LogP contribution in [0.3, 0.4) is 0 Å². The van der Waals surface area contributed by atoms with Crippen LogP contribution in [0.15, 0.2) is 18.2 Å². The van der Waals surface area contributed by atoms with E-state index >= 15 is 0 Å². The first kappa shape index (κ1) is 16.1. The third-order valence-electron chi connectivity index (χ3n) is 4.21. The van der Waals surface area contributed by atoms with Gasteiger partial charge in [0, 0.05) is 17.1 Å². The third kappa shape index (κ3) is 3.69. The maximum absolute atomic E-state index is 12.4. The fraction of sp³-hybridized carbons (Fsp3) is 0.562. The molecule has 2 rings (SSSR count). The number of hydrogen-bond acceptors (Lipinski definition) is 3. The minimum atomic E-state index is -0.758. The molecule has 0 aliphatic heterocycles. The Bertz CT molecular complexity index is 521. The molecule has 1 aliphatic carbocycles. The van der Waals surface area contributed by atoms with Crippen molar-refractivity contribution in [2.24, 2.45) is 11.7 Å². The highest BCUT2D eigenvalue weighted by molar-refractivity contribution is 6.31. The molecule has 1 amide bonds. The lowest BCUT2D eigenvalue weighted by atomic mass is 9.76. The quantitative estimate of drug-likeness (QED) is 0.898. The van der Waals surface area contributed by atoms with Gasteiger partial charge in [-0.3, -0.25) is 4.79 Å². The fourth-order valence-corrected chi connectivity index (χ4v) is 3.28. The molecule has 1 aliphatic rings. The first-order valence-corrected chi connectivity index (χ1v) is 7.72. The van der Waals surface area contributed by atoms with Crippen molar-refractivity contribution in [3.63, 3.8) is 0 Å². The molecule has 0 spiro atoms. The van der Waals surface area contributed by atoms with Crippen molar-refractivity contribution in [2.45, 2.75) is 44.7 Å². The van der Waals surface area contributed by atoms with Crippen LogP contribution in [0, 0.1) is 5.92 Å². The molecule has 0 saturated heterocycles. The molecule has 0 heterocycles. The lowest BCUT2D eigenvalue weighted by Gasteiger charge is -2.35. The van der Waals surface area contributed by atoms with Gasteiger partial charge >= 0.3 is 0 Å². The van der Waals surface area contributed by atoms with Gasteiger partial charge < -0.3 is 15.8 Å². The largest absolute Gasteiger partial charge is 0.496 e. The van der Waals surface area contributed by atoms with Crippen molar-refractivity contribution in [1.29, 1.82) is 0 Å². The summed E-state index contributed by atoms with van der Waals surface area (Å²) >= 11 is 6.17. The summed E-state index contributed by atoms with van der Waals surface area (Å²) in [6.07, 6.45) is 3.62. The summed E-state index contributed by atoms with van der Waals surface area (Å²) in [7, 11) is 1.59. The van der Waals surface area contributed by atoms with E-state index in [4.69, 9.17) is 22.1 Å².